The predicted molar refractivity (Wildman–Crippen MR) is 116 cm³/mol. The second kappa shape index (κ2) is 8.31. The molecule has 2 aromatic carbocycles. The molecule has 2 heterocycles. The van der Waals surface area contributed by atoms with Crippen LogP contribution in [0, 0.1) is 0 Å². The molecule has 0 saturated heterocycles. The fourth-order valence-electron chi connectivity index (χ4n) is 2.82. The minimum atomic E-state index is -0.375. The van der Waals surface area contributed by atoms with Crippen LogP contribution in [0.25, 0.3) is 20.4 Å². The van der Waals surface area contributed by atoms with Crippen molar-refractivity contribution in [3.63, 3.8) is 0 Å². The monoisotopic (exact) mass is 451 g/mol. The van der Waals surface area contributed by atoms with Crippen LogP contribution in [0.5, 0.6) is 0 Å². The van der Waals surface area contributed by atoms with Crippen molar-refractivity contribution >= 4 is 72.2 Å². The molecule has 0 radical (unpaired) electrons. The molecule has 4 aromatic rings. The average Bonchev–Trinajstić information content (AvgIpc) is 3.23. The Kier molecular flexibility index (Phi) is 5.80. The van der Waals surface area contributed by atoms with Crippen molar-refractivity contribution in [3.8, 4) is 0 Å². The van der Waals surface area contributed by atoms with Crippen molar-refractivity contribution in [1.82, 2.24) is 9.55 Å². The Balaban J connectivity index is 1.82. The number of amides is 1. The number of aromatic nitrogens is 2. The van der Waals surface area contributed by atoms with Gasteiger partial charge in [-0.2, -0.15) is 4.99 Å². The number of benzene rings is 2. The molecule has 2 aromatic heterocycles. The molecule has 0 N–H and O–H groups in total. The van der Waals surface area contributed by atoms with Crippen molar-refractivity contribution < 1.29 is 9.53 Å². The number of nitrogens with zero attached hydrogens (tertiary/aromatic N) is 3. The lowest BCUT2D eigenvalue weighted by molar-refractivity contribution is 0.0996. The zero-order chi connectivity index (χ0) is 19.7. The summed E-state index contributed by atoms with van der Waals surface area (Å²) in [6, 6.07) is 11.2. The Morgan fingerprint density at radius 1 is 1.21 bits per heavy atom. The van der Waals surface area contributed by atoms with E-state index in [1.54, 1.807) is 6.07 Å². The maximum atomic E-state index is 12.8. The van der Waals surface area contributed by atoms with Crippen LogP contribution in [-0.4, -0.2) is 28.7 Å². The van der Waals surface area contributed by atoms with Crippen molar-refractivity contribution in [2.24, 2.45) is 4.99 Å². The highest BCUT2D eigenvalue weighted by Crippen LogP contribution is 2.30. The largest absolute Gasteiger partial charge is 0.380 e. The van der Waals surface area contributed by atoms with Gasteiger partial charge in [0.1, 0.15) is 0 Å². The van der Waals surface area contributed by atoms with Crippen LogP contribution in [0.4, 0.5) is 0 Å². The van der Waals surface area contributed by atoms with E-state index in [0.717, 1.165) is 20.4 Å². The third-order valence-electron chi connectivity index (χ3n) is 4.03. The van der Waals surface area contributed by atoms with Crippen molar-refractivity contribution in [2.75, 3.05) is 13.2 Å². The van der Waals surface area contributed by atoms with E-state index in [1.165, 1.54) is 22.7 Å². The first-order valence-corrected chi connectivity index (χ1v) is 11.0. The van der Waals surface area contributed by atoms with Gasteiger partial charge in [0.25, 0.3) is 0 Å². The van der Waals surface area contributed by atoms with E-state index in [-0.39, 0.29) is 5.91 Å². The van der Waals surface area contributed by atoms with Crippen LogP contribution in [0.3, 0.4) is 0 Å². The number of carbonyl (C=O) groups is 1. The highest BCUT2D eigenvalue weighted by molar-refractivity contribution is 7.20. The van der Waals surface area contributed by atoms with E-state index in [9.17, 15) is 4.79 Å². The van der Waals surface area contributed by atoms with E-state index in [2.05, 4.69) is 9.98 Å². The molecule has 0 aliphatic carbocycles. The minimum absolute atomic E-state index is 0.360. The Hall–Kier alpha value is -1.77. The Morgan fingerprint density at radius 2 is 2.04 bits per heavy atom. The Labute approximate surface area is 178 Å². The van der Waals surface area contributed by atoms with Gasteiger partial charge in [0.15, 0.2) is 9.81 Å². The van der Waals surface area contributed by atoms with Crippen molar-refractivity contribution in [1.29, 1.82) is 0 Å². The predicted octanol–water partition coefficient (Wildman–Crippen LogP) is 5.40. The average molecular weight is 452 g/mol. The molecule has 0 unspecified atom stereocenters. The SMILES string of the molecule is CCOCCn1c(=NC(=O)c2nc3ccccc3s2)sc2cc(Cl)cc(Cl)c21. The number of ether oxygens (including phenoxy) is 1. The molecule has 28 heavy (non-hydrogen) atoms. The molecule has 0 bridgehead atoms. The van der Waals surface area contributed by atoms with E-state index in [4.69, 9.17) is 27.9 Å². The molecule has 0 spiro atoms. The Bertz CT molecular complexity index is 1210. The third kappa shape index (κ3) is 3.86. The van der Waals surface area contributed by atoms with Gasteiger partial charge in [-0.15, -0.1) is 11.3 Å². The summed E-state index contributed by atoms with van der Waals surface area (Å²) in [6.07, 6.45) is 0. The van der Waals surface area contributed by atoms with Gasteiger partial charge in [0.2, 0.25) is 0 Å². The molecular weight excluding hydrogens is 437 g/mol. The molecule has 5 nitrogen and oxygen atoms in total. The first-order valence-electron chi connectivity index (χ1n) is 8.57. The van der Waals surface area contributed by atoms with Crippen LogP contribution < -0.4 is 4.80 Å². The smallest absolute Gasteiger partial charge is 0.308 e. The lowest BCUT2D eigenvalue weighted by Crippen LogP contribution is -2.20. The highest BCUT2D eigenvalue weighted by atomic mass is 35.5. The number of rotatable bonds is 5. The molecule has 0 aliphatic rings. The summed E-state index contributed by atoms with van der Waals surface area (Å²) in [5.41, 5.74) is 1.59. The molecule has 0 aliphatic heterocycles. The van der Waals surface area contributed by atoms with Crippen molar-refractivity contribution in [2.45, 2.75) is 13.5 Å². The Morgan fingerprint density at radius 3 is 2.82 bits per heavy atom. The fraction of sp³-hybridized carbons (Fsp3) is 0.211. The van der Waals surface area contributed by atoms with Crippen LogP contribution in [0.2, 0.25) is 10.0 Å². The summed E-state index contributed by atoms with van der Waals surface area (Å²) >= 11 is 15.3. The molecule has 9 heteroatoms. The fourth-order valence-corrected chi connectivity index (χ4v) is 5.51. The number of hydrogen-bond acceptors (Lipinski definition) is 5. The van der Waals surface area contributed by atoms with Crippen LogP contribution >= 0.6 is 45.9 Å². The summed E-state index contributed by atoms with van der Waals surface area (Å²) in [7, 11) is 0. The lowest BCUT2D eigenvalue weighted by atomic mass is 10.3. The van der Waals surface area contributed by atoms with Gasteiger partial charge in [0, 0.05) is 18.2 Å². The van der Waals surface area contributed by atoms with Gasteiger partial charge in [0.05, 0.1) is 32.1 Å². The number of para-hydroxylation sites is 1. The number of fused-ring (bicyclic) bond motifs is 2. The van der Waals surface area contributed by atoms with Crippen molar-refractivity contribution in [3.05, 3.63) is 56.3 Å². The molecule has 0 saturated carbocycles. The molecular formula is C19H15Cl2N3O2S2. The molecule has 144 valence electrons. The highest BCUT2D eigenvalue weighted by Gasteiger charge is 2.15. The number of thiazole rings is 2. The normalized spacial score (nSPS) is 12.3. The summed E-state index contributed by atoms with van der Waals surface area (Å²) in [5.74, 6) is -0.375. The maximum Gasteiger partial charge on any atom is 0.308 e. The van der Waals surface area contributed by atoms with Gasteiger partial charge in [-0.25, -0.2) is 4.98 Å². The van der Waals surface area contributed by atoms with Crippen LogP contribution in [0.15, 0.2) is 41.4 Å². The summed E-state index contributed by atoms with van der Waals surface area (Å²) < 4.78 is 9.20. The number of hydrogen-bond donors (Lipinski definition) is 0. The van der Waals surface area contributed by atoms with Gasteiger partial charge in [-0.3, -0.25) is 4.79 Å². The number of carbonyl (C=O) groups excluding carboxylic acids is 1. The van der Waals surface area contributed by atoms with Crippen LogP contribution in [-0.2, 0) is 11.3 Å². The van der Waals surface area contributed by atoms with Crippen LogP contribution in [0.1, 0.15) is 16.7 Å². The molecule has 1 amide bonds. The molecule has 4 rings (SSSR count). The third-order valence-corrected chi connectivity index (χ3v) is 6.59. The standard InChI is InChI=1S/C19H15Cl2N3O2S2/c1-2-26-8-7-24-16-12(21)9-11(20)10-15(16)28-19(24)23-17(25)18-22-13-5-3-4-6-14(13)27-18/h3-6,9-10H,2,7-8H2,1H3. The zero-order valence-corrected chi connectivity index (χ0v) is 18.0. The second-order valence-corrected chi connectivity index (χ2v) is 8.75. The maximum absolute atomic E-state index is 12.8. The first kappa shape index (κ1) is 19.5. The lowest BCUT2D eigenvalue weighted by Gasteiger charge is -2.06. The summed E-state index contributed by atoms with van der Waals surface area (Å²) in [4.78, 5) is 22.1. The van der Waals surface area contributed by atoms with E-state index < -0.39 is 0 Å². The van der Waals surface area contributed by atoms with Gasteiger partial charge < -0.3 is 9.30 Å². The number of halogens is 2. The molecule has 0 atom stereocenters. The quantitative estimate of drug-likeness (QED) is 0.381. The zero-order valence-electron chi connectivity index (χ0n) is 14.8. The minimum Gasteiger partial charge on any atom is -0.380 e. The van der Waals surface area contributed by atoms with Gasteiger partial charge >= 0.3 is 5.91 Å². The van der Waals surface area contributed by atoms with Gasteiger partial charge in [-0.1, -0.05) is 46.7 Å². The topological polar surface area (TPSA) is 56.5 Å². The summed E-state index contributed by atoms with van der Waals surface area (Å²) in [6.45, 7) is 3.56. The second-order valence-electron chi connectivity index (χ2n) is 5.87. The van der Waals surface area contributed by atoms with E-state index >= 15 is 0 Å². The van der Waals surface area contributed by atoms with Gasteiger partial charge in [-0.05, 0) is 31.2 Å². The van der Waals surface area contributed by atoms with E-state index in [0.29, 0.717) is 39.6 Å². The van der Waals surface area contributed by atoms with E-state index in [1.807, 2.05) is 41.8 Å². The molecule has 0 fully saturated rings. The summed E-state index contributed by atoms with van der Waals surface area (Å²) in [5, 5.41) is 1.42. The first-order chi connectivity index (χ1) is 13.6.